The molecule has 4 nitrogen and oxygen atoms in total. The van der Waals surface area contributed by atoms with Crippen LogP contribution in [0.2, 0.25) is 5.02 Å². The number of para-hydroxylation sites is 1. The van der Waals surface area contributed by atoms with Crippen molar-refractivity contribution in [3.8, 4) is 0 Å². The molecular formula is C14H20ClN3O. The molecule has 0 saturated carbocycles. The summed E-state index contributed by atoms with van der Waals surface area (Å²) < 4.78 is 0. The first-order chi connectivity index (χ1) is 9.22. The van der Waals surface area contributed by atoms with Crippen LogP contribution in [0.4, 0.5) is 5.69 Å². The van der Waals surface area contributed by atoms with Gasteiger partial charge in [-0.05, 0) is 24.6 Å². The molecule has 2 rings (SSSR count). The minimum atomic E-state index is 0.0543. The first kappa shape index (κ1) is 14.2. The van der Waals surface area contributed by atoms with Gasteiger partial charge >= 0.3 is 0 Å². The number of anilines is 1. The third kappa shape index (κ3) is 3.61. The summed E-state index contributed by atoms with van der Waals surface area (Å²) in [5, 5.41) is 6.93. The quantitative estimate of drug-likeness (QED) is 0.809. The Kier molecular flexibility index (Phi) is 5.05. The zero-order valence-electron chi connectivity index (χ0n) is 11.2. The van der Waals surface area contributed by atoms with Crippen molar-refractivity contribution in [2.45, 2.75) is 19.9 Å². The van der Waals surface area contributed by atoms with E-state index in [0.717, 1.165) is 37.3 Å². The number of rotatable bonds is 5. The van der Waals surface area contributed by atoms with E-state index in [9.17, 15) is 4.79 Å². The predicted octanol–water partition coefficient (Wildman–Crippen LogP) is 1.78. The number of nitrogens with zero attached hydrogens (tertiary/aromatic N) is 1. The Morgan fingerprint density at radius 1 is 1.47 bits per heavy atom. The fraction of sp³-hybridized carbons (Fsp3) is 0.500. The van der Waals surface area contributed by atoms with Crippen LogP contribution >= 0.6 is 11.6 Å². The predicted molar refractivity (Wildman–Crippen MR) is 78.7 cm³/mol. The van der Waals surface area contributed by atoms with Crippen molar-refractivity contribution in [1.82, 2.24) is 10.6 Å². The summed E-state index contributed by atoms with van der Waals surface area (Å²) in [6, 6.07) is 5.90. The second-order valence-corrected chi connectivity index (χ2v) is 5.10. The summed E-state index contributed by atoms with van der Waals surface area (Å²) in [5.41, 5.74) is 2.14. The molecule has 0 spiro atoms. The Bertz CT molecular complexity index is 450. The molecule has 1 saturated heterocycles. The van der Waals surface area contributed by atoms with Crippen LogP contribution in [0.25, 0.3) is 0 Å². The van der Waals surface area contributed by atoms with Crippen molar-refractivity contribution >= 4 is 23.2 Å². The Hall–Kier alpha value is -1.26. The summed E-state index contributed by atoms with van der Waals surface area (Å²) in [6.07, 6.45) is 1.10. The van der Waals surface area contributed by atoms with Crippen LogP contribution in [-0.2, 0) is 11.3 Å². The van der Waals surface area contributed by atoms with Crippen LogP contribution in [0.3, 0.4) is 0 Å². The Morgan fingerprint density at radius 2 is 2.32 bits per heavy atom. The molecule has 0 bridgehead atoms. The van der Waals surface area contributed by atoms with Gasteiger partial charge in [0.15, 0.2) is 0 Å². The molecule has 1 aromatic rings. The number of amides is 1. The van der Waals surface area contributed by atoms with Gasteiger partial charge in [0.1, 0.15) is 0 Å². The zero-order chi connectivity index (χ0) is 13.7. The number of piperazine rings is 1. The van der Waals surface area contributed by atoms with E-state index >= 15 is 0 Å². The first-order valence-corrected chi connectivity index (χ1v) is 7.10. The van der Waals surface area contributed by atoms with E-state index in [0.29, 0.717) is 18.1 Å². The van der Waals surface area contributed by atoms with Gasteiger partial charge in [-0.15, -0.1) is 0 Å². The molecule has 0 atom stereocenters. The molecule has 1 fully saturated rings. The van der Waals surface area contributed by atoms with Crippen molar-refractivity contribution < 1.29 is 4.79 Å². The maximum atomic E-state index is 11.5. The fourth-order valence-electron chi connectivity index (χ4n) is 2.29. The average molecular weight is 282 g/mol. The summed E-state index contributed by atoms with van der Waals surface area (Å²) >= 11 is 6.32. The van der Waals surface area contributed by atoms with E-state index in [1.807, 2.05) is 12.1 Å². The molecule has 1 aromatic carbocycles. The number of carbonyl (C=O) groups excluding carboxylic acids is 1. The zero-order valence-corrected chi connectivity index (χ0v) is 12.0. The number of benzene rings is 1. The molecule has 1 heterocycles. The lowest BCUT2D eigenvalue weighted by Gasteiger charge is -2.31. The Balaban J connectivity index is 2.19. The highest BCUT2D eigenvalue weighted by Crippen LogP contribution is 2.30. The highest BCUT2D eigenvalue weighted by molar-refractivity contribution is 6.33. The number of hydrogen-bond acceptors (Lipinski definition) is 3. The normalized spacial score (nSPS) is 15.5. The Labute approximate surface area is 119 Å². The monoisotopic (exact) mass is 281 g/mol. The molecule has 2 N–H and O–H groups in total. The highest BCUT2D eigenvalue weighted by atomic mass is 35.5. The van der Waals surface area contributed by atoms with E-state index in [1.54, 1.807) is 0 Å². The Morgan fingerprint density at radius 3 is 3.05 bits per heavy atom. The topological polar surface area (TPSA) is 44.4 Å². The van der Waals surface area contributed by atoms with Crippen molar-refractivity contribution in [3.63, 3.8) is 0 Å². The number of nitrogens with one attached hydrogen (secondary N) is 2. The van der Waals surface area contributed by atoms with Crippen molar-refractivity contribution in [2.75, 3.05) is 31.1 Å². The molecule has 0 aliphatic carbocycles. The molecule has 0 radical (unpaired) electrons. The van der Waals surface area contributed by atoms with Crippen molar-refractivity contribution in [1.29, 1.82) is 0 Å². The lowest BCUT2D eigenvalue weighted by molar-refractivity contribution is -0.120. The second-order valence-electron chi connectivity index (χ2n) is 4.70. The number of carbonyl (C=O) groups is 1. The fourth-order valence-corrected chi connectivity index (χ4v) is 2.60. The molecule has 0 unspecified atom stereocenters. The molecule has 1 aliphatic rings. The third-order valence-corrected chi connectivity index (χ3v) is 3.47. The summed E-state index contributed by atoms with van der Waals surface area (Å²) in [4.78, 5) is 13.6. The molecule has 1 aliphatic heterocycles. The van der Waals surface area contributed by atoms with E-state index < -0.39 is 0 Å². The van der Waals surface area contributed by atoms with E-state index in [-0.39, 0.29) is 5.91 Å². The third-order valence-electron chi connectivity index (χ3n) is 3.17. The van der Waals surface area contributed by atoms with Gasteiger partial charge in [-0.1, -0.05) is 30.7 Å². The summed E-state index contributed by atoms with van der Waals surface area (Å²) in [5.74, 6) is 0.0543. The standard InChI is InChI=1S/C14H20ClN3O/c1-2-6-16-9-11-4-3-5-12(15)14(11)18-8-7-17-13(19)10-18/h3-5,16H,2,6-10H2,1H3,(H,17,19). The molecule has 19 heavy (non-hydrogen) atoms. The lowest BCUT2D eigenvalue weighted by atomic mass is 10.1. The lowest BCUT2D eigenvalue weighted by Crippen LogP contribution is -2.48. The average Bonchev–Trinajstić information content (AvgIpc) is 2.39. The van der Waals surface area contributed by atoms with E-state index in [1.165, 1.54) is 0 Å². The van der Waals surface area contributed by atoms with Gasteiger partial charge in [-0.2, -0.15) is 0 Å². The van der Waals surface area contributed by atoms with Crippen LogP contribution < -0.4 is 15.5 Å². The van der Waals surface area contributed by atoms with Gasteiger partial charge in [0.25, 0.3) is 0 Å². The van der Waals surface area contributed by atoms with Gasteiger partial charge in [-0.3, -0.25) is 4.79 Å². The minimum absolute atomic E-state index is 0.0543. The summed E-state index contributed by atoms with van der Waals surface area (Å²) in [7, 11) is 0. The van der Waals surface area contributed by atoms with Gasteiger partial charge in [0.05, 0.1) is 17.3 Å². The largest absolute Gasteiger partial charge is 0.359 e. The maximum Gasteiger partial charge on any atom is 0.239 e. The van der Waals surface area contributed by atoms with Crippen LogP contribution in [0.15, 0.2) is 18.2 Å². The van der Waals surface area contributed by atoms with Gasteiger partial charge in [0, 0.05) is 19.6 Å². The van der Waals surface area contributed by atoms with Crippen LogP contribution in [-0.4, -0.2) is 32.1 Å². The van der Waals surface area contributed by atoms with Crippen molar-refractivity contribution in [2.24, 2.45) is 0 Å². The minimum Gasteiger partial charge on any atom is -0.359 e. The second kappa shape index (κ2) is 6.78. The number of halogens is 1. The molecule has 5 heteroatoms. The van der Waals surface area contributed by atoms with E-state index in [4.69, 9.17) is 11.6 Å². The molecule has 104 valence electrons. The number of hydrogen-bond donors (Lipinski definition) is 2. The van der Waals surface area contributed by atoms with Crippen LogP contribution in [0.5, 0.6) is 0 Å². The van der Waals surface area contributed by atoms with Gasteiger partial charge in [0.2, 0.25) is 5.91 Å². The van der Waals surface area contributed by atoms with Gasteiger partial charge < -0.3 is 15.5 Å². The van der Waals surface area contributed by atoms with Crippen molar-refractivity contribution in [3.05, 3.63) is 28.8 Å². The smallest absolute Gasteiger partial charge is 0.239 e. The highest BCUT2D eigenvalue weighted by Gasteiger charge is 2.20. The molecule has 0 aromatic heterocycles. The van der Waals surface area contributed by atoms with Crippen LogP contribution in [0, 0.1) is 0 Å². The maximum absolute atomic E-state index is 11.5. The van der Waals surface area contributed by atoms with Crippen LogP contribution in [0.1, 0.15) is 18.9 Å². The first-order valence-electron chi connectivity index (χ1n) is 6.72. The summed E-state index contributed by atoms with van der Waals surface area (Å²) in [6.45, 7) is 5.75. The van der Waals surface area contributed by atoms with E-state index in [2.05, 4.69) is 28.5 Å². The molecule has 1 amide bonds. The SMILES string of the molecule is CCCNCc1cccc(Cl)c1N1CCNC(=O)C1. The van der Waals surface area contributed by atoms with Gasteiger partial charge in [-0.25, -0.2) is 0 Å². The molecular weight excluding hydrogens is 262 g/mol.